The second-order valence-electron chi connectivity index (χ2n) is 5.32. The van der Waals surface area contributed by atoms with Gasteiger partial charge < -0.3 is 9.64 Å². The summed E-state index contributed by atoms with van der Waals surface area (Å²) in [7, 11) is 0. The summed E-state index contributed by atoms with van der Waals surface area (Å²) in [4.78, 5) is 2.97. The maximum Gasteiger partial charge on any atom is 0.106 e. The third-order valence-electron chi connectivity index (χ3n) is 2.54. The van der Waals surface area contributed by atoms with Gasteiger partial charge in [0.05, 0.1) is 29.9 Å². The Kier molecular flexibility index (Phi) is 13.8. The van der Waals surface area contributed by atoms with Crippen molar-refractivity contribution >= 4 is 23.5 Å². The zero-order valence-electron chi connectivity index (χ0n) is 14.5. The van der Waals surface area contributed by atoms with Gasteiger partial charge in [0.25, 0.3) is 0 Å². The minimum atomic E-state index is 0.447. The maximum absolute atomic E-state index is 8.91. The molecule has 1 rings (SSSR count). The molecule has 4 nitrogen and oxygen atoms in total. The van der Waals surface area contributed by atoms with Gasteiger partial charge in [0.2, 0.25) is 0 Å². The van der Waals surface area contributed by atoms with Crippen LogP contribution in [0.3, 0.4) is 0 Å². The lowest BCUT2D eigenvalue weighted by Crippen LogP contribution is -2.31. The van der Waals surface area contributed by atoms with Gasteiger partial charge in [-0.25, -0.2) is 0 Å². The van der Waals surface area contributed by atoms with E-state index in [-0.39, 0.29) is 0 Å². The molecule has 0 spiro atoms. The topological polar surface area (TPSA) is 60.1 Å². The van der Waals surface area contributed by atoms with E-state index in [1.54, 1.807) is 23.5 Å². The van der Waals surface area contributed by atoms with Crippen molar-refractivity contribution < 1.29 is 4.74 Å². The molecule has 0 amide bonds. The monoisotopic (exact) mass is 353 g/mol. The molecule has 1 fully saturated rings. The molecular weight excluding hydrogens is 326 g/mol. The summed E-state index contributed by atoms with van der Waals surface area (Å²) < 4.78 is 5.25. The van der Waals surface area contributed by atoms with Gasteiger partial charge in [0, 0.05) is 23.6 Å². The summed E-state index contributed by atoms with van der Waals surface area (Å²) in [5.74, 6) is 0.623. The highest BCUT2D eigenvalue weighted by Gasteiger charge is 2.04. The summed E-state index contributed by atoms with van der Waals surface area (Å²) in [5.41, 5.74) is 0. The van der Waals surface area contributed by atoms with Gasteiger partial charge in [-0.1, -0.05) is 27.7 Å². The lowest BCUT2D eigenvalue weighted by Gasteiger charge is -2.24. The lowest BCUT2D eigenvalue weighted by molar-refractivity contribution is 0.0594. The van der Waals surface area contributed by atoms with Crippen molar-refractivity contribution in [1.82, 2.24) is 4.90 Å². The van der Waals surface area contributed by atoms with Crippen LogP contribution in [-0.2, 0) is 4.74 Å². The average Bonchev–Trinajstić information content (AvgIpc) is 2.53. The summed E-state index contributed by atoms with van der Waals surface area (Å²) in [5, 5.41) is 18.0. The fourth-order valence-corrected chi connectivity index (χ4v) is 2.67. The van der Waals surface area contributed by atoms with E-state index < -0.39 is 0 Å². The van der Waals surface area contributed by atoms with Crippen LogP contribution in [0, 0.1) is 22.7 Å². The maximum atomic E-state index is 8.91. The van der Waals surface area contributed by atoms with E-state index in [1.807, 2.05) is 18.4 Å². The summed E-state index contributed by atoms with van der Waals surface area (Å²) in [6.07, 6.45) is 5.85. The van der Waals surface area contributed by atoms with Crippen LogP contribution in [0.1, 0.15) is 27.7 Å². The Morgan fingerprint density at radius 2 is 1.83 bits per heavy atom. The predicted molar refractivity (Wildman–Crippen MR) is 101 cm³/mol. The Labute approximate surface area is 149 Å². The number of allylic oxidation sites excluding steroid dienone is 3. The molecule has 0 aromatic carbocycles. The second kappa shape index (κ2) is 14.5. The summed E-state index contributed by atoms with van der Waals surface area (Å²) in [6.45, 7) is 11.8. The molecule has 1 saturated heterocycles. The fraction of sp³-hybridized carbons (Fsp3) is 0.647. The molecule has 1 heterocycles. The number of rotatable bonds is 6. The van der Waals surface area contributed by atoms with Gasteiger partial charge in [-0.15, -0.1) is 23.5 Å². The van der Waals surface area contributed by atoms with Gasteiger partial charge in [-0.3, -0.25) is 0 Å². The van der Waals surface area contributed by atoms with Gasteiger partial charge in [-0.2, -0.15) is 10.5 Å². The van der Waals surface area contributed by atoms with Crippen LogP contribution in [-0.4, -0.2) is 47.5 Å². The first-order chi connectivity index (χ1) is 11.0. The number of nitrogens with zero attached hydrogens (tertiary/aromatic N) is 3. The molecule has 128 valence electrons. The van der Waals surface area contributed by atoms with Crippen molar-refractivity contribution in [2.24, 2.45) is 0 Å². The van der Waals surface area contributed by atoms with Crippen molar-refractivity contribution in [3.63, 3.8) is 0 Å². The van der Waals surface area contributed by atoms with E-state index in [0.717, 1.165) is 31.2 Å². The molecule has 0 radical (unpaired) electrons. The quantitative estimate of drug-likeness (QED) is 0.531. The summed E-state index contributed by atoms with van der Waals surface area (Å²) >= 11 is 3.26. The van der Waals surface area contributed by atoms with Crippen molar-refractivity contribution in [2.45, 2.75) is 38.2 Å². The zero-order chi connectivity index (χ0) is 17.5. The number of hydrogen-bond donors (Lipinski definition) is 0. The van der Waals surface area contributed by atoms with E-state index in [1.165, 1.54) is 0 Å². The largest absolute Gasteiger partial charge is 0.378 e. The molecule has 23 heavy (non-hydrogen) atoms. The number of nitriles is 2. The van der Waals surface area contributed by atoms with Gasteiger partial charge in [-0.05, 0) is 18.4 Å². The average molecular weight is 354 g/mol. The minimum absolute atomic E-state index is 0.447. The SMILES string of the molecule is CC(C)SC(C#N)=CC=CN1CCOCC1.CC(C)SCC#N. The first-order valence-corrected chi connectivity index (χ1v) is 9.68. The number of ether oxygens (including phenoxy) is 1. The van der Waals surface area contributed by atoms with Crippen LogP contribution in [0.4, 0.5) is 0 Å². The molecule has 0 bridgehead atoms. The molecule has 0 atom stereocenters. The van der Waals surface area contributed by atoms with Crippen LogP contribution in [0.2, 0.25) is 0 Å². The fourth-order valence-electron chi connectivity index (χ4n) is 1.54. The highest BCUT2D eigenvalue weighted by molar-refractivity contribution is 8.03. The Bertz CT molecular complexity index is 442. The third-order valence-corrected chi connectivity index (χ3v) is 4.46. The normalized spacial score (nSPS) is 15.3. The standard InChI is InChI=1S/C12H18N2OS.C5H9NS/c1-11(2)16-12(10-13)4-3-5-14-6-8-15-9-7-14;1-5(2)7-4-3-6/h3-5,11H,6-9H2,1-2H3;5H,4H2,1-2H3. The molecule has 1 aliphatic rings. The highest BCUT2D eigenvalue weighted by Crippen LogP contribution is 2.20. The first kappa shape index (κ1) is 21.9. The van der Waals surface area contributed by atoms with Crippen LogP contribution in [0.5, 0.6) is 0 Å². The van der Waals surface area contributed by atoms with E-state index in [4.69, 9.17) is 15.3 Å². The first-order valence-electron chi connectivity index (χ1n) is 7.75. The van der Waals surface area contributed by atoms with E-state index in [0.29, 0.717) is 16.3 Å². The molecule has 0 unspecified atom stereocenters. The van der Waals surface area contributed by atoms with Crippen LogP contribution in [0.15, 0.2) is 23.3 Å². The lowest BCUT2D eigenvalue weighted by atomic mass is 10.4. The molecule has 0 saturated carbocycles. The van der Waals surface area contributed by atoms with Gasteiger partial charge >= 0.3 is 0 Å². The van der Waals surface area contributed by atoms with Crippen molar-refractivity contribution in [1.29, 1.82) is 10.5 Å². The molecule has 0 N–H and O–H groups in total. The molecule has 0 aliphatic carbocycles. The summed E-state index contributed by atoms with van der Waals surface area (Å²) in [6, 6.07) is 4.26. The van der Waals surface area contributed by atoms with E-state index in [9.17, 15) is 0 Å². The second-order valence-corrected chi connectivity index (χ2v) is 8.50. The molecular formula is C17H27N3OS2. The van der Waals surface area contributed by atoms with Gasteiger partial charge in [0.15, 0.2) is 0 Å². The molecule has 0 aromatic heterocycles. The van der Waals surface area contributed by atoms with Crippen LogP contribution >= 0.6 is 23.5 Å². The Morgan fingerprint density at radius 1 is 1.17 bits per heavy atom. The Balaban J connectivity index is 0.000000585. The van der Waals surface area contributed by atoms with Crippen molar-refractivity contribution in [2.75, 3.05) is 32.1 Å². The number of hydrogen-bond acceptors (Lipinski definition) is 6. The van der Waals surface area contributed by atoms with E-state index >= 15 is 0 Å². The molecule has 6 heteroatoms. The molecule has 1 aliphatic heterocycles. The van der Waals surface area contributed by atoms with Crippen LogP contribution in [0.25, 0.3) is 0 Å². The van der Waals surface area contributed by atoms with Gasteiger partial charge in [0.1, 0.15) is 6.07 Å². The third kappa shape index (κ3) is 14.3. The van der Waals surface area contributed by atoms with Crippen molar-refractivity contribution in [3.8, 4) is 12.1 Å². The predicted octanol–water partition coefficient (Wildman–Crippen LogP) is 4.03. The Hall–Kier alpha value is -1.08. The van der Waals surface area contributed by atoms with Crippen molar-refractivity contribution in [3.05, 3.63) is 23.3 Å². The highest BCUT2D eigenvalue weighted by atomic mass is 32.2. The Morgan fingerprint density at radius 3 is 2.26 bits per heavy atom. The number of morpholine rings is 1. The smallest absolute Gasteiger partial charge is 0.106 e. The minimum Gasteiger partial charge on any atom is -0.378 e. The van der Waals surface area contributed by atoms with Crippen LogP contribution < -0.4 is 0 Å². The zero-order valence-corrected chi connectivity index (χ0v) is 16.1. The number of thioether (sulfide) groups is 2. The van der Waals surface area contributed by atoms with E-state index in [2.05, 4.69) is 44.7 Å². The molecule has 0 aromatic rings.